The SMILES string of the molecule is O=C1NCCN1CC1CCCCO1. The van der Waals surface area contributed by atoms with Crippen molar-refractivity contribution in [2.45, 2.75) is 25.4 Å². The Bertz CT molecular complexity index is 190. The minimum absolute atomic E-state index is 0.0640. The molecule has 2 heterocycles. The quantitative estimate of drug-likeness (QED) is 0.682. The molecule has 0 radical (unpaired) electrons. The number of nitrogens with zero attached hydrogens (tertiary/aromatic N) is 1. The van der Waals surface area contributed by atoms with E-state index < -0.39 is 0 Å². The Morgan fingerprint density at radius 2 is 2.46 bits per heavy atom. The van der Waals surface area contributed by atoms with E-state index in [4.69, 9.17) is 4.74 Å². The Labute approximate surface area is 78.2 Å². The van der Waals surface area contributed by atoms with Gasteiger partial charge in [-0.1, -0.05) is 0 Å². The van der Waals surface area contributed by atoms with Crippen molar-refractivity contribution in [2.24, 2.45) is 0 Å². The summed E-state index contributed by atoms with van der Waals surface area (Å²) in [5.41, 5.74) is 0. The first kappa shape index (κ1) is 8.81. The molecular weight excluding hydrogens is 168 g/mol. The zero-order chi connectivity index (χ0) is 9.10. The molecule has 0 aromatic carbocycles. The van der Waals surface area contributed by atoms with Gasteiger partial charge in [0.05, 0.1) is 6.10 Å². The lowest BCUT2D eigenvalue weighted by atomic mass is 10.1. The minimum Gasteiger partial charge on any atom is -0.376 e. The first-order valence-electron chi connectivity index (χ1n) is 5.00. The molecule has 0 saturated carbocycles. The Balaban J connectivity index is 1.79. The van der Waals surface area contributed by atoms with Crippen LogP contribution in [0.4, 0.5) is 4.79 Å². The monoisotopic (exact) mass is 184 g/mol. The Morgan fingerprint density at radius 3 is 3.08 bits per heavy atom. The number of nitrogens with one attached hydrogen (secondary N) is 1. The summed E-state index contributed by atoms with van der Waals surface area (Å²) in [5, 5.41) is 2.79. The number of amides is 2. The molecule has 13 heavy (non-hydrogen) atoms. The van der Waals surface area contributed by atoms with Crippen molar-refractivity contribution in [3.8, 4) is 0 Å². The van der Waals surface area contributed by atoms with Crippen molar-refractivity contribution in [1.82, 2.24) is 10.2 Å². The van der Waals surface area contributed by atoms with Crippen molar-refractivity contribution in [1.29, 1.82) is 0 Å². The van der Waals surface area contributed by atoms with Gasteiger partial charge >= 0.3 is 6.03 Å². The number of urea groups is 1. The van der Waals surface area contributed by atoms with E-state index in [0.717, 1.165) is 32.7 Å². The zero-order valence-electron chi connectivity index (χ0n) is 7.79. The molecule has 0 aliphatic carbocycles. The van der Waals surface area contributed by atoms with Crippen LogP contribution in [0.15, 0.2) is 0 Å². The van der Waals surface area contributed by atoms with Crippen molar-refractivity contribution >= 4 is 6.03 Å². The molecule has 0 aromatic rings. The fraction of sp³-hybridized carbons (Fsp3) is 0.889. The number of ether oxygens (including phenoxy) is 1. The summed E-state index contributed by atoms with van der Waals surface area (Å²) in [6.07, 6.45) is 3.78. The fourth-order valence-electron chi connectivity index (χ4n) is 1.88. The maximum Gasteiger partial charge on any atom is 0.317 e. The van der Waals surface area contributed by atoms with Gasteiger partial charge in [-0.25, -0.2) is 4.79 Å². The van der Waals surface area contributed by atoms with Gasteiger partial charge in [0, 0.05) is 26.2 Å². The number of hydrogen-bond donors (Lipinski definition) is 1. The van der Waals surface area contributed by atoms with Crippen LogP contribution >= 0.6 is 0 Å². The average Bonchev–Trinajstić information content (AvgIpc) is 2.54. The lowest BCUT2D eigenvalue weighted by Gasteiger charge is -2.26. The van der Waals surface area contributed by atoms with Crippen LogP contribution in [0.25, 0.3) is 0 Å². The second-order valence-corrected chi connectivity index (χ2v) is 3.67. The molecule has 0 bridgehead atoms. The summed E-state index contributed by atoms with van der Waals surface area (Å²) in [6.45, 7) is 3.25. The maximum absolute atomic E-state index is 11.2. The van der Waals surface area contributed by atoms with Gasteiger partial charge in [0.15, 0.2) is 0 Å². The van der Waals surface area contributed by atoms with Gasteiger partial charge in [0.25, 0.3) is 0 Å². The Morgan fingerprint density at radius 1 is 1.54 bits per heavy atom. The number of carbonyl (C=O) groups excluding carboxylic acids is 1. The molecule has 1 unspecified atom stereocenters. The fourth-order valence-corrected chi connectivity index (χ4v) is 1.88. The molecule has 0 spiro atoms. The lowest BCUT2D eigenvalue weighted by Crippen LogP contribution is -2.37. The van der Waals surface area contributed by atoms with E-state index in [2.05, 4.69) is 5.32 Å². The van der Waals surface area contributed by atoms with Crippen LogP contribution in [-0.2, 0) is 4.74 Å². The normalized spacial score (nSPS) is 29.1. The van der Waals surface area contributed by atoms with Crippen molar-refractivity contribution in [3.63, 3.8) is 0 Å². The standard InChI is InChI=1S/C9H16N2O2/c12-9-10-4-5-11(9)7-8-3-1-2-6-13-8/h8H,1-7H2,(H,10,12). The third kappa shape index (κ3) is 2.12. The summed E-state index contributed by atoms with van der Waals surface area (Å²) in [7, 11) is 0. The molecule has 2 saturated heterocycles. The van der Waals surface area contributed by atoms with Crippen LogP contribution in [0.1, 0.15) is 19.3 Å². The first-order chi connectivity index (χ1) is 6.36. The molecule has 1 N–H and O–H groups in total. The van der Waals surface area contributed by atoms with Gasteiger partial charge in [0.1, 0.15) is 0 Å². The van der Waals surface area contributed by atoms with E-state index in [1.54, 1.807) is 0 Å². The molecule has 4 nitrogen and oxygen atoms in total. The molecule has 2 fully saturated rings. The lowest BCUT2D eigenvalue weighted by molar-refractivity contribution is 0.00330. The van der Waals surface area contributed by atoms with Gasteiger partial charge in [-0.3, -0.25) is 0 Å². The molecule has 2 rings (SSSR count). The summed E-state index contributed by atoms with van der Waals surface area (Å²) in [4.78, 5) is 13.1. The molecule has 74 valence electrons. The number of rotatable bonds is 2. The average molecular weight is 184 g/mol. The summed E-state index contributed by atoms with van der Waals surface area (Å²) in [6, 6.07) is 0.0640. The van der Waals surface area contributed by atoms with Crippen molar-refractivity contribution < 1.29 is 9.53 Å². The highest BCUT2D eigenvalue weighted by atomic mass is 16.5. The molecule has 2 aliphatic heterocycles. The number of carbonyl (C=O) groups is 1. The summed E-state index contributed by atoms with van der Waals surface area (Å²) >= 11 is 0. The van der Waals surface area contributed by atoms with Gasteiger partial charge in [-0.2, -0.15) is 0 Å². The van der Waals surface area contributed by atoms with Gasteiger partial charge in [-0.15, -0.1) is 0 Å². The topological polar surface area (TPSA) is 41.6 Å². The van der Waals surface area contributed by atoms with Crippen LogP contribution in [0.3, 0.4) is 0 Å². The van der Waals surface area contributed by atoms with Crippen molar-refractivity contribution in [2.75, 3.05) is 26.2 Å². The minimum atomic E-state index is 0.0640. The highest BCUT2D eigenvalue weighted by Crippen LogP contribution is 2.14. The second kappa shape index (κ2) is 3.96. The third-order valence-corrected chi connectivity index (χ3v) is 2.64. The Hall–Kier alpha value is -0.770. The highest BCUT2D eigenvalue weighted by Gasteiger charge is 2.24. The molecule has 4 heteroatoms. The highest BCUT2D eigenvalue weighted by molar-refractivity contribution is 5.76. The molecule has 1 atom stereocenters. The summed E-state index contributed by atoms with van der Waals surface area (Å²) < 4.78 is 5.57. The molecular formula is C9H16N2O2. The van der Waals surface area contributed by atoms with Gasteiger partial charge in [-0.05, 0) is 19.3 Å². The molecule has 2 amide bonds. The molecule has 0 aromatic heterocycles. The van der Waals surface area contributed by atoms with E-state index in [9.17, 15) is 4.79 Å². The Kier molecular flexibility index (Phi) is 2.68. The van der Waals surface area contributed by atoms with E-state index in [-0.39, 0.29) is 12.1 Å². The van der Waals surface area contributed by atoms with Gasteiger partial charge in [0.2, 0.25) is 0 Å². The summed E-state index contributed by atoms with van der Waals surface area (Å²) in [5.74, 6) is 0. The predicted octanol–water partition coefficient (Wildman–Crippen LogP) is 0.581. The van der Waals surface area contributed by atoms with Crippen LogP contribution in [0.5, 0.6) is 0 Å². The smallest absolute Gasteiger partial charge is 0.317 e. The van der Waals surface area contributed by atoms with E-state index in [0.29, 0.717) is 0 Å². The number of hydrogen-bond acceptors (Lipinski definition) is 2. The largest absolute Gasteiger partial charge is 0.376 e. The predicted molar refractivity (Wildman–Crippen MR) is 48.6 cm³/mol. The van der Waals surface area contributed by atoms with Crippen LogP contribution in [0, 0.1) is 0 Å². The van der Waals surface area contributed by atoms with E-state index in [1.165, 1.54) is 12.8 Å². The van der Waals surface area contributed by atoms with Crippen LogP contribution in [-0.4, -0.2) is 43.3 Å². The first-order valence-corrected chi connectivity index (χ1v) is 5.00. The molecule has 2 aliphatic rings. The second-order valence-electron chi connectivity index (χ2n) is 3.67. The maximum atomic E-state index is 11.2. The van der Waals surface area contributed by atoms with Crippen LogP contribution in [0.2, 0.25) is 0 Å². The van der Waals surface area contributed by atoms with E-state index in [1.807, 2.05) is 4.90 Å². The van der Waals surface area contributed by atoms with E-state index >= 15 is 0 Å². The zero-order valence-corrected chi connectivity index (χ0v) is 7.79. The van der Waals surface area contributed by atoms with Gasteiger partial charge < -0.3 is 15.0 Å². The van der Waals surface area contributed by atoms with Crippen LogP contribution < -0.4 is 5.32 Å². The third-order valence-electron chi connectivity index (χ3n) is 2.64. The van der Waals surface area contributed by atoms with Crippen molar-refractivity contribution in [3.05, 3.63) is 0 Å².